The van der Waals surface area contributed by atoms with Gasteiger partial charge in [-0.05, 0) is 12.8 Å². The average molecular weight is 159 g/mol. The summed E-state index contributed by atoms with van der Waals surface area (Å²) < 4.78 is 12.9. The van der Waals surface area contributed by atoms with Crippen LogP contribution in [0.15, 0.2) is 0 Å². The van der Waals surface area contributed by atoms with Gasteiger partial charge in [-0.1, -0.05) is 13.8 Å². The Morgan fingerprint density at radius 3 is 2.55 bits per heavy atom. The highest BCUT2D eigenvalue weighted by Crippen LogP contribution is 2.38. The summed E-state index contributed by atoms with van der Waals surface area (Å²) in [5.74, 6) is -0.105. The molecule has 1 amide bonds. The quantitative estimate of drug-likeness (QED) is 0.660. The van der Waals surface area contributed by atoms with E-state index in [1.165, 1.54) is 0 Å². The third-order valence-corrected chi connectivity index (χ3v) is 1.90. The van der Waals surface area contributed by atoms with Crippen molar-refractivity contribution in [3.8, 4) is 0 Å². The van der Waals surface area contributed by atoms with Crippen molar-refractivity contribution in [1.29, 1.82) is 0 Å². The SMILES string of the molecule is CC(C)C(=O)NCC1(F)CC1. The Labute approximate surface area is 66.2 Å². The van der Waals surface area contributed by atoms with Crippen LogP contribution in [-0.2, 0) is 4.79 Å². The maximum absolute atomic E-state index is 12.9. The van der Waals surface area contributed by atoms with E-state index >= 15 is 0 Å². The highest BCUT2D eigenvalue weighted by molar-refractivity contribution is 5.77. The fourth-order valence-electron chi connectivity index (χ4n) is 0.762. The second kappa shape index (κ2) is 2.80. The van der Waals surface area contributed by atoms with E-state index in [1.54, 1.807) is 13.8 Å². The normalized spacial score (nSPS) is 20.0. The topological polar surface area (TPSA) is 29.1 Å². The second-order valence-electron chi connectivity index (χ2n) is 3.52. The van der Waals surface area contributed by atoms with Crippen LogP contribution in [0.1, 0.15) is 26.7 Å². The Kier molecular flexibility index (Phi) is 2.16. The van der Waals surface area contributed by atoms with Gasteiger partial charge in [-0.2, -0.15) is 0 Å². The number of hydrogen-bond donors (Lipinski definition) is 1. The summed E-state index contributed by atoms with van der Waals surface area (Å²) >= 11 is 0. The Morgan fingerprint density at radius 2 is 2.18 bits per heavy atom. The van der Waals surface area contributed by atoms with Gasteiger partial charge in [0, 0.05) is 5.92 Å². The molecule has 1 N–H and O–H groups in total. The summed E-state index contributed by atoms with van der Waals surface area (Å²) in [4.78, 5) is 10.9. The molecule has 1 fully saturated rings. The summed E-state index contributed by atoms with van der Waals surface area (Å²) in [5, 5.41) is 2.57. The molecule has 11 heavy (non-hydrogen) atoms. The van der Waals surface area contributed by atoms with Gasteiger partial charge in [0.1, 0.15) is 5.67 Å². The molecule has 1 aliphatic rings. The van der Waals surface area contributed by atoms with E-state index in [2.05, 4.69) is 5.32 Å². The molecular formula is C8H14FNO. The molecule has 0 aromatic rings. The van der Waals surface area contributed by atoms with Gasteiger partial charge in [0.05, 0.1) is 6.54 Å². The van der Waals surface area contributed by atoms with Crippen molar-refractivity contribution in [3.05, 3.63) is 0 Å². The maximum atomic E-state index is 12.9. The van der Waals surface area contributed by atoms with Crippen LogP contribution in [0.3, 0.4) is 0 Å². The number of carbonyl (C=O) groups is 1. The highest BCUT2D eigenvalue weighted by atomic mass is 19.1. The zero-order valence-electron chi connectivity index (χ0n) is 6.98. The Hall–Kier alpha value is -0.600. The number of alkyl halides is 1. The van der Waals surface area contributed by atoms with E-state index in [4.69, 9.17) is 0 Å². The Balaban J connectivity index is 2.16. The van der Waals surface area contributed by atoms with E-state index < -0.39 is 5.67 Å². The fourth-order valence-corrected chi connectivity index (χ4v) is 0.762. The van der Waals surface area contributed by atoms with E-state index in [9.17, 15) is 9.18 Å². The van der Waals surface area contributed by atoms with E-state index in [0.717, 1.165) is 0 Å². The third-order valence-electron chi connectivity index (χ3n) is 1.90. The first-order chi connectivity index (χ1) is 5.03. The largest absolute Gasteiger partial charge is 0.353 e. The Morgan fingerprint density at radius 1 is 1.64 bits per heavy atom. The van der Waals surface area contributed by atoms with E-state index in [1.807, 2.05) is 0 Å². The van der Waals surface area contributed by atoms with Crippen LogP contribution in [0.2, 0.25) is 0 Å². The van der Waals surface area contributed by atoms with Gasteiger partial charge in [0.2, 0.25) is 5.91 Å². The smallest absolute Gasteiger partial charge is 0.222 e. The van der Waals surface area contributed by atoms with Crippen LogP contribution < -0.4 is 5.32 Å². The average Bonchev–Trinajstić information content (AvgIpc) is 2.64. The minimum Gasteiger partial charge on any atom is -0.353 e. The number of halogens is 1. The zero-order valence-corrected chi connectivity index (χ0v) is 6.98. The number of rotatable bonds is 3. The fraction of sp³-hybridized carbons (Fsp3) is 0.875. The minimum atomic E-state index is -1.06. The lowest BCUT2D eigenvalue weighted by Gasteiger charge is -2.08. The van der Waals surface area contributed by atoms with Crippen molar-refractivity contribution in [3.63, 3.8) is 0 Å². The summed E-state index contributed by atoms with van der Waals surface area (Å²) in [6.45, 7) is 3.80. The summed E-state index contributed by atoms with van der Waals surface area (Å²) in [6, 6.07) is 0. The van der Waals surface area contributed by atoms with Gasteiger partial charge in [0.15, 0.2) is 0 Å². The van der Waals surface area contributed by atoms with Crippen LogP contribution in [0.5, 0.6) is 0 Å². The van der Waals surface area contributed by atoms with Crippen molar-refractivity contribution in [2.75, 3.05) is 6.54 Å². The third kappa shape index (κ3) is 2.48. The van der Waals surface area contributed by atoms with Crippen LogP contribution in [0, 0.1) is 5.92 Å². The van der Waals surface area contributed by atoms with Crippen molar-refractivity contribution >= 4 is 5.91 Å². The second-order valence-corrected chi connectivity index (χ2v) is 3.52. The lowest BCUT2D eigenvalue weighted by atomic mass is 10.2. The Bertz CT molecular complexity index is 163. The summed E-state index contributed by atoms with van der Waals surface area (Å²) in [7, 11) is 0. The van der Waals surface area contributed by atoms with Crippen molar-refractivity contribution in [1.82, 2.24) is 5.32 Å². The molecule has 0 aliphatic heterocycles. The molecule has 1 aliphatic carbocycles. The molecule has 0 bridgehead atoms. The van der Waals surface area contributed by atoms with Gasteiger partial charge in [-0.25, -0.2) is 4.39 Å². The van der Waals surface area contributed by atoms with Gasteiger partial charge in [0.25, 0.3) is 0 Å². The van der Waals surface area contributed by atoms with Crippen molar-refractivity contribution in [2.45, 2.75) is 32.4 Å². The van der Waals surface area contributed by atoms with Crippen molar-refractivity contribution in [2.24, 2.45) is 5.92 Å². The predicted molar refractivity (Wildman–Crippen MR) is 40.9 cm³/mol. The van der Waals surface area contributed by atoms with Crippen LogP contribution in [0.25, 0.3) is 0 Å². The highest BCUT2D eigenvalue weighted by Gasteiger charge is 2.43. The first kappa shape index (κ1) is 8.50. The zero-order chi connectivity index (χ0) is 8.48. The molecule has 0 aromatic carbocycles. The predicted octanol–water partition coefficient (Wildman–Crippen LogP) is 1.26. The van der Waals surface area contributed by atoms with Gasteiger partial charge in [-0.15, -0.1) is 0 Å². The summed E-state index contributed by atoms with van der Waals surface area (Å²) in [6.07, 6.45) is 1.21. The molecule has 0 heterocycles. The first-order valence-corrected chi connectivity index (χ1v) is 4.00. The maximum Gasteiger partial charge on any atom is 0.222 e. The molecule has 0 saturated heterocycles. The standard InChI is InChI=1S/C8H14FNO/c1-6(2)7(11)10-5-8(9)3-4-8/h6H,3-5H2,1-2H3,(H,10,11). The lowest BCUT2D eigenvalue weighted by molar-refractivity contribution is -0.124. The van der Waals surface area contributed by atoms with Gasteiger partial charge in [-0.3, -0.25) is 4.79 Å². The molecule has 0 spiro atoms. The number of nitrogens with one attached hydrogen (secondary N) is 1. The molecule has 1 rings (SSSR count). The van der Waals surface area contributed by atoms with Gasteiger partial charge < -0.3 is 5.32 Å². The van der Waals surface area contributed by atoms with Crippen LogP contribution in [-0.4, -0.2) is 18.1 Å². The molecule has 0 aromatic heterocycles. The minimum absolute atomic E-state index is 0.0441. The van der Waals surface area contributed by atoms with E-state index in [0.29, 0.717) is 12.8 Å². The monoisotopic (exact) mass is 159 g/mol. The molecule has 2 nitrogen and oxygen atoms in total. The molecule has 0 unspecified atom stereocenters. The molecule has 1 saturated carbocycles. The van der Waals surface area contributed by atoms with Crippen molar-refractivity contribution < 1.29 is 9.18 Å². The molecule has 64 valence electrons. The van der Waals surface area contributed by atoms with Crippen LogP contribution in [0.4, 0.5) is 4.39 Å². The lowest BCUT2D eigenvalue weighted by Crippen LogP contribution is -2.33. The number of amides is 1. The van der Waals surface area contributed by atoms with Gasteiger partial charge >= 0.3 is 0 Å². The van der Waals surface area contributed by atoms with Crippen LogP contribution >= 0.6 is 0 Å². The molecule has 0 radical (unpaired) electrons. The first-order valence-electron chi connectivity index (χ1n) is 4.00. The summed E-state index contributed by atoms with van der Waals surface area (Å²) in [5.41, 5.74) is -1.06. The van der Waals surface area contributed by atoms with E-state index in [-0.39, 0.29) is 18.4 Å². The number of carbonyl (C=O) groups excluding carboxylic acids is 1. The molecular weight excluding hydrogens is 145 g/mol. The molecule has 3 heteroatoms. The number of hydrogen-bond acceptors (Lipinski definition) is 1. The molecule has 0 atom stereocenters.